The first-order valence-corrected chi connectivity index (χ1v) is 12.4. The van der Waals surface area contributed by atoms with Crippen LogP contribution in [0.25, 0.3) is 5.65 Å². The van der Waals surface area contributed by atoms with Gasteiger partial charge in [-0.2, -0.15) is 13.2 Å². The lowest BCUT2D eigenvalue weighted by molar-refractivity contribution is -0.138. The fourth-order valence-corrected chi connectivity index (χ4v) is 6.26. The molecule has 1 saturated carbocycles. The van der Waals surface area contributed by atoms with Gasteiger partial charge in [-0.05, 0) is 73.6 Å². The Bertz CT molecular complexity index is 1240. The number of amides is 1. The molecule has 0 spiro atoms. The quantitative estimate of drug-likeness (QED) is 0.526. The van der Waals surface area contributed by atoms with Gasteiger partial charge in [0.15, 0.2) is 5.65 Å². The summed E-state index contributed by atoms with van der Waals surface area (Å²) in [6.45, 7) is 3.11. The zero-order chi connectivity index (χ0) is 24.2. The Morgan fingerprint density at radius 2 is 1.66 bits per heavy atom. The normalized spacial score (nSPS) is 24.8. The first kappa shape index (κ1) is 22.4. The zero-order valence-corrected chi connectivity index (χ0v) is 19.4. The van der Waals surface area contributed by atoms with Gasteiger partial charge in [0.2, 0.25) is 0 Å². The number of nitrogens with zero attached hydrogens (tertiary/aromatic N) is 5. The van der Waals surface area contributed by atoms with Gasteiger partial charge in [0.1, 0.15) is 11.5 Å². The maximum atomic E-state index is 13.5. The minimum Gasteiger partial charge on any atom is -0.355 e. The van der Waals surface area contributed by atoms with Gasteiger partial charge in [-0.25, -0.2) is 9.50 Å². The molecule has 1 aromatic carbocycles. The molecule has 3 aromatic rings. The van der Waals surface area contributed by atoms with Crippen molar-refractivity contribution in [1.29, 1.82) is 0 Å². The van der Waals surface area contributed by atoms with Crippen LogP contribution >= 0.6 is 0 Å². The number of likely N-dealkylation sites (tertiary alicyclic amines) is 1. The monoisotopic (exact) mass is 483 g/mol. The first-order chi connectivity index (χ1) is 16.9. The number of benzene rings is 1. The second-order valence-electron chi connectivity index (χ2n) is 10.2. The van der Waals surface area contributed by atoms with E-state index in [-0.39, 0.29) is 23.7 Å². The lowest BCUT2D eigenvalue weighted by atomic mass is 9.91. The van der Waals surface area contributed by atoms with Gasteiger partial charge in [-0.1, -0.05) is 18.2 Å². The van der Waals surface area contributed by atoms with Crippen LogP contribution in [-0.4, -0.2) is 51.6 Å². The van der Waals surface area contributed by atoms with Crippen molar-refractivity contribution in [1.82, 2.24) is 19.5 Å². The van der Waals surface area contributed by atoms with E-state index in [0.29, 0.717) is 42.8 Å². The van der Waals surface area contributed by atoms with Gasteiger partial charge in [0.05, 0.1) is 11.8 Å². The first-order valence-electron chi connectivity index (χ1n) is 12.4. The summed E-state index contributed by atoms with van der Waals surface area (Å²) < 4.78 is 42.2. The molecule has 3 aliphatic rings. The Kier molecular flexibility index (Phi) is 5.45. The predicted molar refractivity (Wildman–Crippen MR) is 125 cm³/mol. The number of fused-ring (bicyclic) bond motifs is 2. The van der Waals surface area contributed by atoms with Crippen LogP contribution in [-0.2, 0) is 6.18 Å². The van der Waals surface area contributed by atoms with Gasteiger partial charge >= 0.3 is 6.18 Å². The van der Waals surface area contributed by atoms with Crippen molar-refractivity contribution in [3.63, 3.8) is 0 Å². The third-order valence-corrected chi connectivity index (χ3v) is 7.95. The average molecular weight is 484 g/mol. The number of alkyl halides is 3. The van der Waals surface area contributed by atoms with Gasteiger partial charge in [0, 0.05) is 26.2 Å². The minimum atomic E-state index is -4.35. The van der Waals surface area contributed by atoms with Crippen LogP contribution in [0.2, 0.25) is 0 Å². The number of imidazole rings is 1. The molecule has 2 aliphatic heterocycles. The predicted octanol–water partition coefficient (Wildman–Crippen LogP) is 5.00. The molecule has 184 valence electrons. The molecule has 1 amide bonds. The van der Waals surface area contributed by atoms with Crippen LogP contribution in [0.5, 0.6) is 0 Å². The average Bonchev–Trinajstić information content (AvgIpc) is 3.56. The fourth-order valence-electron chi connectivity index (χ4n) is 6.26. The van der Waals surface area contributed by atoms with Crippen molar-refractivity contribution in [3.05, 3.63) is 59.4 Å². The molecule has 4 heterocycles. The number of carbonyl (C=O) groups excluding carboxylic acids is 1. The lowest BCUT2D eigenvalue weighted by Gasteiger charge is -2.27. The van der Waals surface area contributed by atoms with Crippen molar-refractivity contribution in [2.75, 3.05) is 31.1 Å². The Morgan fingerprint density at radius 3 is 2.37 bits per heavy atom. The fraction of sp³-hybridized carbons (Fsp3) is 0.500. The van der Waals surface area contributed by atoms with Crippen LogP contribution < -0.4 is 4.90 Å². The number of piperidine rings is 1. The van der Waals surface area contributed by atoms with Crippen molar-refractivity contribution >= 4 is 17.4 Å². The van der Waals surface area contributed by atoms with E-state index in [0.717, 1.165) is 31.7 Å². The lowest BCUT2D eigenvalue weighted by Crippen LogP contribution is -2.30. The molecule has 35 heavy (non-hydrogen) atoms. The highest BCUT2D eigenvalue weighted by Gasteiger charge is 2.45. The summed E-state index contributed by atoms with van der Waals surface area (Å²) in [7, 11) is 0. The Hall–Kier alpha value is -3.10. The SMILES string of the molecule is O=C(c1cn2nc(N3CCCCC3)ccc2n1)N1C[C@H]2CC(c3ccccc3C(F)(F)F)C[C@H]2C1. The highest BCUT2D eigenvalue weighted by atomic mass is 19.4. The number of rotatable bonds is 3. The third-order valence-electron chi connectivity index (χ3n) is 7.95. The molecule has 3 fully saturated rings. The number of hydrogen-bond acceptors (Lipinski definition) is 4. The van der Waals surface area contributed by atoms with E-state index >= 15 is 0 Å². The highest BCUT2D eigenvalue weighted by molar-refractivity contribution is 5.93. The molecular weight excluding hydrogens is 455 g/mol. The third kappa shape index (κ3) is 4.15. The van der Waals surface area contributed by atoms with E-state index in [1.165, 1.54) is 18.6 Å². The summed E-state index contributed by atoms with van der Waals surface area (Å²) >= 11 is 0. The van der Waals surface area contributed by atoms with E-state index in [2.05, 4.69) is 15.0 Å². The van der Waals surface area contributed by atoms with Crippen LogP contribution in [0.3, 0.4) is 0 Å². The van der Waals surface area contributed by atoms with Crippen molar-refractivity contribution in [2.24, 2.45) is 11.8 Å². The molecule has 2 saturated heterocycles. The van der Waals surface area contributed by atoms with Crippen LogP contribution in [0.1, 0.15) is 59.6 Å². The maximum Gasteiger partial charge on any atom is 0.416 e. The molecule has 1 aliphatic carbocycles. The Morgan fingerprint density at radius 1 is 0.943 bits per heavy atom. The summed E-state index contributed by atoms with van der Waals surface area (Å²) in [6.07, 6.45) is 2.26. The summed E-state index contributed by atoms with van der Waals surface area (Å²) in [5, 5.41) is 4.67. The van der Waals surface area contributed by atoms with Crippen LogP contribution in [0, 0.1) is 11.8 Å². The molecular formula is C26H28F3N5O. The van der Waals surface area contributed by atoms with Gasteiger partial charge in [0.25, 0.3) is 5.91 Å². The summed E-state index contributed by atoms with van der Waals surface area (Å²) in [5.74, 6) is 1.08. The van der Waals surface area contributed by atoms with E-state index in [1.807, 2.05) is 17.0 Å². The van der Waals surface area contributed by atoms with E-state index < -0.39 is 11.7 Å². The molecule has 0 bridgehead atoms. The number of hydrogen-bond donors (Lipinski definition) is 0. The largest absolute Gasteiger partial charge is 0.416 e. The molecule has 0 N–H and O–H groups in total. The molecule has 2 aromatic heterocycles. The molecule has 3 atom stereocenters. The van der Waals surface area contributed by atoms with E-state index in [1.54, 1.807) is 22.8 Å². The number of anilines is 1. The van der Waals surface area contributed by atoms with Crippen molar-refractivity contribution < 1.29 is 18.0 Å². The standard InChI is InChI=1S/C26H28F3N5O/c27-26(28,29)21-7-3-2-6-20(21)17-12-18-14-33(15-19(18)13-17)25(35)22-16-34-23(30-22)8-9-24(31-34)32-10-4-1-5-11-32/h2-3,6-9,16-19H,1,4-5,10-15H2/t17?,18-,19+. The summed E-state index contributed by atoms with van der Waals surface area (Å²) in [4.78, 5) is 21.8. The van der Waals surface area contributed by atoms with Crippen LogP contribution in [0.4, 0.5) is 19.0 Å². The van der Waals surface area contributed by atoms with Gasteiger partial charge < -0.3 is 9.80 Å². The summed E-state index contributed by atoms with van der Waals surface area (Å²) in [6, 6.07) is 9.77. The van der Waals surface area contributed by atoms with Gasteiger partial charge in [-0.15, -0.1) is 5.10 Å². The van der Waals surface area contributed by atoms with Crippen molar-refractivity contribution in [3.8, 4) is 0 Å². The van der Waals surface area contributed by atoms with Gasteiger partial charge in [-0.3, -0.25) is 4.79 Å². The zero-order valence-electron chi connectivity index (χ0n) is 19.4. The number of aromatic nitrogens is 3. The maximum absolute atomic E-state index is 13.5. The smallest absolute Gasteiger partial charge is 0.355 e. The topological polar surface area (TPSA) is 53.7 Å². The molecule has 9 heteroatoms. The van der Waals surface area contributed by atoms with Crippen molar-refractivity contribution in [2.45, 2.75) is 44.2 Å². The van der Waals surface area contributed by atoms with E-state index in [4.69, 9.17) is 0 Å². The molecule has 0 radical (unpaired) electrons. The minimum absolute atomic E-state index is 0.118. The number of carbonyl (C=O) groups is 1. The summed E-state index contributed by atoms with van der Waals surface area (Å²) in [5.41, 5.74) is 0.867. The number of halogens is 3. The van der Waals surface area contributed by atoms with E-state index in [9.17, 15) is 18.0 Å². The molecule has 6 nitrogen and oxygen atoms in total. The second kappa shape index (κ2) is 8.53. The Balaban J connectivity index is 1.15. The molecule has 1 unspecified atom stereocenters. The second-order valence-corrected chi connectivity index (χ2v) is 10.2. The molecule has 6 rings (SSSR count). The highest BCUT2D eigenvalue weighted by Crippen LogP contribution is 2.49. The van der Waals surface area contributed by atoms with Crippen LogP contribution in [0.15, 0.2) is 42.6 Å². The Labute approximate surface area is 201 Å².